The molecule has 0 aromatic heterocycles. The molecular formula is C20H22N4O3. The van der Waals surface area contributed by atoms with Crippen LogP contribution in [0.2, 0.25) is 0 Å². The summed E-state index contributed by atoms with van der Waals surface area (Å²) < 4.78 is 0. The largest absolute Gasteiger partial charge is 0.365 e. The molecule has 0 bridgehead atoms. The van der Waals surface area contributed by atoms with Crippen molar-refractivity contribution in [1.82, 2.24) is 15.8 Å². The predicted molar refractivity (Wildman–Crippen MR) is 102 cm³/mol. The Morgan fingerprint density at radius 2 is 1.67 bits per heavy atom. The molecule has 1 aliphatic rings. The van der Waals surface area contributed by atoms with Crippen molar-refractivity contribution in [3.63, 3.8) is 0 Å². The van der Waals surface area contributed by atoms with E-state index in [0.717, 1.165) is 10.7 Å². The van der Waals surface area contributed by atoms with Crippen LogP contribution >= 0.6 is 0 Å². The number of likely N-dealkylation sites (N-methyl/N-ethyl adjacent to an activating group) is 1. The monoisotopic (exact) mass is 366 g/mol. The molecule has 0 aliphatic carbocycles. The Hall–Kier alpha value is -3.35. The summed E-state index contributed by atoms with van der Waals surface area (Å²) in [6.07, 6.45) is 0.373. The Bertz CT molecular complexity index is 841. The number of nitrogens with one attached hydrogen (secondary N) is 2. The zero-order valence-corrected chi connectivity index (χ0v) is 15.3. The zero-order valence-electron chi connectivity index (χ0n) is 15.3. The number of rotatable bonds is 6. The zero-order chi connectivity index (χ0) is 19.4. The first kappa shape index (κ1) is 18.4. The van der Waals surface area contributed by atoms with Gasteiger partial charge in [-0.05, 0) is 24.1 Å². The Morgan fingerprint density at radius 3 is 2.26 bits per heavy atom. The fourth-order valence-corrected chi connectivity index (χ4v) is 3.19. The van der Waals surface area contributed by atoms with Crippen LogP contribution in [0.5, 0.6) is 0 Å². The van der Waals surface area contributed by atoms with Crippen molar-refractivity contribution in [3.05, 3.63) is 66.2 Å². The van der Waals surface area contributed by atoms with E-state index in [1.165, 1.54) is 0 Å². The molecule has 1 saturated heterocycles. The maximum Gasteiger partial charge on any atom is 0.344 e. The molecular weight excluding hydrogens is 344 g/mol. The lowest BCUT2D eigenvalue weighted by Gasteiger charge is -2.26. The SMILES string of the molecule is CCC1(c2ccccc2)NC(=O)N(NC(=O)CN(C)c2ccccc2)C1=O. The number of hydrogen-bond acceptors (Lipinski definition) is 4. The molecule has 3 rings (SSSR count). The minimum Gasteiger partial charge on any atom is -0.365 e. The molecule has 0 saturated carbocycles. The fraction of sp³-hybridized carbons (Fsp3) is 0.250. The van der Waals surface area contributed by atoms with Crippen molar-refractivity contribution in [2.24, 2.45) is 0 Å². The highest BCUT2D eigenvalue weighted by atomic mass is 16.2. The third-order valence-electron chi connectivity index (χ3n) is 4.70. The summed E-state index contributed by atoms with van der Waals surface area (Å²) >= 11 is 0. The van der Waals surface area contributed by atoms with E-state index in [4.69, 9.17) is 0 Å². The lowest BCUT2D eigenvalue weighted by Crippen LogP contribution is -2.50. The van der Waals surface area contributed by atoms with Crippen molar-refractivity contribution in [2.45, 2.75) is 18.9 Å². The molecule has 1 atom stereocenters. The van der Waals surface area contributed by atoms with Crippen molar-refractivity contribution in [1.29, 1.82) is 0 Å². The van der Waals surface area contributed by atoms with Gasteiger partial charge in [0.15, 0.2) is 0 Å². The first-order valence-electron chi connectivity index (χ1n) is 8.76. The number of amides is 4. The van der Waals surface area contributed by atoms with Gasteiger partial charge in [0.2, 0.25) is 0 Å². The van der Waals surface area contributed by atoms with Gasteiger partial charge in [-0.15, -0.1) is 0 Å². The molecule has 4 amide bonds. The van der Waals surface area contributed by atoms with Gasteiger partial charge in [0, 0.05) is 12.7 Å². The topological polar surface area (TPSA) is 81.8 Å². The van der Waals surface area contributed by atoms with Gasteiger partial charge in [-0.3, -0.25) is 15.0 Å². The fourth-order valence-electron chi connectivity index (χ4n) is 3.19. The Labute approximate surface area is 157 Å². The van der Waals surface area contributed by atoms with E-state index < -0.39 is 23.4 Å². The Kier molecular flexibility index (Phi) is 5.12. The number of hydrogen-bond donors (Lipinski definition) is 2. The van der Waals surface area contributed by atoms with Crippen molar-refractivity contribution >= 4 is 23.5 Å². The number of carbonyl (C=O) groups excluding carboxylic acids is 3. The Morgan fingerprint density at radius 1 is 1.07 bits per heavy atom. The molecule has 2 N–H and O–H groups in total. The summed E-state index contributed by atoms with van der Waals surface area (Å²) in [5, 5.41) is 3.51. The van der Waals surface area contributed by atoms with Crippen molar-refractivity contribution < 1.29 is 14.4 Å². The third kappa shape index (κ3) is 3.48. The molecule has 1 heterocycles. The van der Waals surface area contributed by atoms with Crippen LogP contribution in [0, 0.1) is 0 Å². The van der Waals surface area contributed by atoms with Crippen LogP contribution in [0.1, 0.15) is 18.9 Å². The highest BCUT2D eigenvalue weighted by Gasteiger charge is 2.52. The second-order valence-corrected chi connectivity index (χ2v) is 6.42. The first-order chi connectivity index (χ1) is 13.0. The van der Waals surface area contributed by atoms with Crippen molar-refractivity contribution in [3.8, 4) is 0 Å². The summed E-state index contributed by atoms with van der Waals surface area (Å²) in [4.78, 5) is 39.5. The minimum atomic E-state index is -1.17. The lowest BCUT2D eigenvalue weighted by atomic mass is 9.87. The maximum absolute atomic E-state index is 13.0. The molecule has 1 aliphatic heterocycles. The van der Waals surface area contributed by atoms with Crippen LogP contribution in [0.3, 0.4) is 0 Å². The second-order valence-electron chi connectivity index (χ2n) is 6.42. The molecule has 1 unspecified atom stereocenters. The van der Waals surface area contributed by atoms with Crippen LogP contribution in [0.15, 0.2) is 60.7 Å². The molecule has 7 nitrogen and oxygen atoms in total. The van der Waals surface area contributed by atoms with E-state index >= 15 is 0 Å². The summed E-state index contributed by atoms with van der Waals surface area (Å²) in [6, 6.07) is 17.8. The van der Waals surface area contributed by atoms with Crippen LogP contribution in [-0.4, -0.2) is 36.4 Å². The van der Waals surface area contributed by atoms with Crippen LogP contribution in [-0.2, 0) is 15.1 Å². The molecule has 0 radical (unpaired) electrons. The number of urea groups is 1. The minimum absolute atomic E-state index is 0.00549. The Balaban J connectivity index is 1.73. The smallest absolute Gasteiger partial charge is 0.344 e. The van der Waals surface area contributed by atoms with E-state index in [1.807, 2.05) is 55.5 Å². The third-order valence-corrected chi connectivity index (χ3v) is 4.70. The highest BCUT2D eigenvalue weighted by molar-refractivity contribution is 6.08. The summed E-state index contributed by atoms with van der Waals surface area (Å²) in [6.45, 7) is 1.82. The van der Waals surface area contributed by atoms with Gasteiger partial charge < -0.3 is 10.2 Å². The van der Waals surface area contributed by atoms with E-state index in [-0.39, 0.29) is 6.54 Å². The molecule has 2 aromatic rings. The predicted octanol–water partition coefficient (Wildman–Crippen LogP) is 2.01. The summed E-state index contributed by atoms with van der Waals surface area (Å²) in [5.41, 5.74) is 2.80. The van der Waals surface area contributed by atoms with Gasteiger partial charge in [-0.25, -0.2) is 4.79 Å². The van der Waals surface area contributed by atoms with E-state index in [1.54, 1.807) is 24.1 Å². The maximum atomic E-state index is 13.0. The lowest BCUT2D eigenvalue weighted by molar-refractivity contribution is -0.139. The summed E-state index contributed by atoms with van der Waals surface area (Å²) in [7, 11) is 1.76. The summed E-state index contributed by atoms with van der Waals surface area (Å²) in [5.74, 6) is -0.943. The molecule has 2 aromatic carbocycles. The van der Waals surface area contributed by atoms with E-state index in [2.05, 4.69) is 10.7 Å². The second kappa shape index (κ2) is 7.49. The number of nitrogens with zero attached hydrogens (tertiary/aromatic N) is 2. The quantitative estimate of drug-likeness (QED) is 0.767. The normalized spacial score (nSPS) is 19.0. The van der Waals surface area contributed by atoms with Gasteiger partial charge in [0.25, 0.3) is 11.8 Å². The van der Waals surface area contributed by atoms with E-state index in [9.17, 15) is 14.4 Å². The van der Waals surface area contributed by atoms with Gasteiger partial charge in [-0.2, -0.15) is 5.01 Å². The molecule has 1 fully saturated rings. The molecule has 27 heavy (non-hydrogen) atoms. The van der Waals surface area contributed by atoms with Gasteiger partial charge in [0.1, 0.15) is 5.54 Å². The van der Waals surface area contributed by atoms with Gasteiger partial charge in [0.05, 0.1) is 6.54 Å². The number of hydrazine groups is 1. The number of benzene rings is 2. The average molecular weight is 366 g/mol. The standard InChI is InChI=1S/C20H22N4O3/c1-3-20(15-10-6-4-7-11-15)18(26)24(19(27)21-20)22-17(25)14-23(2)16-12-8-5-9-13-16/h4-13H,3,14H2,1-2H3,(H,21,27)(H,22,25). The van der Waals surface area contributed by atoms with Crippen molar-refractivity contribution in [2.75, 3.05) is 18.5 Å². The highest BCUT2D eigenvalue weighted by Crippen LogP contribution is 2.31. The van der Waals surface area contributed by atoms with Crippen LogP contribution < -0.4 is 15.6 Å². The molecule has 7 heteroatoms. The first-order valence-corrected chi connectivity index (χ1v) is 8.76. The number of imide groups is 1. The van der Waals surface area contributed by atoms with Crippen LogP contribution in [0.25, 0.3) is 0 Å². The molecule has 0 spiro atoms. The molecule has 140 valence electrons. The number of para-hydroxylation sites is 1. The number of anilines is 1. The van der Waals surface area contributed by atoms with Gasteiger partial charge >= 0.3 is 6.03 Å². The van der Waals surface area contributed by atoms with E-state index in [0.29, 0.717) is 12.0 Å². The van der Waals surface area contributed by atoms with Gasteiger partial charge in [-0.1, -0.05) is 55.5 Å². The van der Waals surface area contributed by atoms with Crippen LogP contribution in [0.4, 0.5) is 10.5 Å². The number of carbonyl (C=O) groups is 3. The average Bonchev–Trinajstić information content (AvgIpc) is 2.94.